The summed E-state index contributed by atoms with van der Waals surface area (Å²) in [7, 11) is 0. The first kappa shape index (κ1) is 27.0. The average molecular weight is 618 g/mol. The van der Waals surface area contributed by atoms with E-state index in [4.69, 9.17) is 9.98 Å². The molecule has 8 aromatic rings. The summed E-state index contributed by atoms with van der Waals surface area (Å²) in [6, 6.07) is 47.7. The second-order valence-electron chi connectivity index (χ2n) is 12.6. The van der Waals surface area contributed by atoms with Crippen molar-refractivity contribution in [3.8, 4) is 5.69 Å². The van der Waals surface area contributed by atoms with Crippen molar-refractivity contribution in [3.05, 3.63) is 163 Å². The van der Waals surface area contributed by atoms with E-state index in [-0.39, 0.29) is 0 Å². The molecule has 2 aliphatic rings. The highest BCUT2D eigenvalue weighted by molar-refractivity contribution is 6.25. The number of amidine groups is 2. The summed E-state index contributed by atoms with van der Waals surface area (Å²) in [6.45, 7) is 0. The predicted molar refractivity (Wildman–Crippen MR) is 200 cm³/mol. The zero-order valence-corrected chi connectivity index (χ0v) is 26.2. The van der Waals surface area contributed by atoms with E-state index in [1.54, 1.807) is 0 Å². The molecule has 1 unspecified atom stereocenters. The molecule has 0 saturated heterocycles. The molecular formula is C43H31N5. The molecule has 0 radical (unpaired) electrons. The fraction of sp³-hybridized carbons (Fsp3) is 0.0698. The van der Waals surface area contributed by atoms with Crippen LogP contribution >= 0.6 is 0 Å². The molecule has 1 N–H and O–H groups in total. The second-order valence-corrected chi connectivity index (χ2v) is 12.6. The summed E-state index contributed by atoms with van der Waals surface area (Å²) < 4.78 is 4.73. The van der Waals surface area contributed by atoms with Crippen LogP contribution in [0.1, 0.15) is 24.7 Å². The summed E-state index contributed by atoms with van der Waals surface area (Å²) in [5.41, 5.74) is 7.85. The predicted octanol–water partition coefficient (Wildman–Crippen LogP) is 10.2. The number of rotatable bonds is 4. The maximum absolute atomic E-state index is 5.32. The third-order valence-electron chi connectivity index (χ3n) is 9.77. The number of aliphatic imine (C=N–C) groups is 2. The Kier molecular flexibility index (Phi) is 6.00. The summed E-state index contributed by atoms with van der Waals surface area (Å²) in [5, 5.41) is 11.0. The Bertz CT molecular complexity index is 2690. The second kappa shape index (κ2) is 10.7. The van der Waals surface area contributed by atoms with Gasteiger partial charge in [-0.15, -0.1) is 0 Å². The van der Waals surface area contributed by atoms with Gasteiger partial charge in [0.25, 0.3) is 0 Å². The zero-order valence-electron chi connectivity index (χ0n) is 26.2. The van der Waals surface area contributed by atoms with Gasteiger partial charge in [-0.25, -0.2) is 9.98 Å². The van der Waals surface area contributed by atoms with E-state index >= 15 is 0 Å². The smallest absolute Gasteiger partial charge is 0.224 e. The van der Waals surface area contributed by atoms with Crippen LogP contribution in [0.15, 0.2) is 167 Å². The van der Waals surface area contributed by atoms with Crippen LogP contribution in [-0.2, 0) is 0 Å². The van der Waals surface area contributed by atoms with E-state index in [2.05, 4.69) is 160 Å². The lowest BCUT2D eigenvalue weighted by atomic mass is 10.0. The monoisotopic (exact) mass is 617 g/mol. The SMILES string of the molecule is C1=CC(C2=NC(n3c4ccccc4c4cc5c6c7ccccc7ccc6n(-c6ccccc6)c5cc43)N=C(c3ccccc3)N2)=CCC1. The van der Waals surface area contributed by atoms with Crippen molar-refractivity contribution in [2.75, 3.05) is 0 Å². The zero-order chi connectivity index (χ0) is 31.6. The van der Waals surface area contributed by atoms with E-state index in [1.807, 2.05) is 6.07 Å². The Balaban J connectivity index is 1.31. The summed E-state index contributed by atoms with van der Waals surface area (Å²) >= 11 is 0. The molecule has 1 aliphatic heterocycles. The van der Waals surface area contributed by atoms with Crippen molar-refractivity contribution in [2.24, 2.45) is 9.98 Å². The van der Waals surface area contributed by atoms with Crippen LogP contribution in [0.4, 0.5) is 0 Å². The fourth-order valence-corrected chi connectivity index (χ4v) is 7.61. The van der Waals surface area contributed by atoms with Gasteiger partial charge in [0.2, 0.25) is 6.29 Å². The van der Waals surface area contributed by atoms with E-state index in [1.165, 1.54) is 37.8 Å². The van der Waals surface area contributed by atoms with Crippen LogP contribution in [0, 0.1) is 0 Å². The van der Waals surface area contributed by atoms with Crippen LogP contribution in [0.5, 0.6) is 0 Å². The molecule has 0 bridgehead atoms. The highest BCUT2D eigenvalue weighted by Gasteiger charge is 2.26. The molecule has 0 amide bonds. The largest absolute Gasteiger partial charge is 0.324 e. The van der Waals surface area contributed by atoms with Crippen LogP contribution in [-0.4, -0.2) is 20.8 Å². The van der Waals surface area contributed by atoms with Crippen LogP contribution in [0.2, 0.25) is 0 Å². The number of benzene rings is 6. The number of nitrogens with zero attached hydrogens (tertiary/aromatic N) is 4. The topological polar surface area (TPSA) is 46.6 Å². The first-order chi connectivity index (χ1) is 23.8. The molecule has 228 valence electrons. The van der Waals surface area contributed by atoms with Gasteiger partial charge < -0.3 is 9.88 Å². The van der Waals surface area contributed by atoms with Gasteiger partial charge in [-0.2, -0.15) is 0 Å². The Morgan fingerprint density at radius 2 is 1.31 bits per heavy atom. The molecule has 1 aliphatic carbocycles. The van der Waals surface area contributed by atoms with E-state index in [0.717, 1.165) is 57.9 Å². The molecular weight excluding hydrogens is 587 g/mol. The first-order valence-corrected chi connectivity index (χ1v) is 16.6. The Hall–Kier alpha value is -6.20. The number of hydrogen-bond acceptors (Lipinski definition) is 3. The molecule has 0 spiro atoms. The van der Waals surface area contributed by atoms with Gasteiger partial charge in [0, 0.05) is 38.4 Å². The third kappa shape index (κ3) is 4.11. The minimum atomic E-state index is -0.497. The van der Waals surface area contributed by atoms with Gasteiger partial charge in [0.15, 0.2) is 0 Å². The number of para-hydroxylation sites is 2. The van der Waals surface area contributed by atoms with E-state index in [0.29, 0.717) is 0 Å². The molecule has 10 rings (SSSR count). The van der Waals surface area contributed by atoms with Crippen molar-refractivity contribution in [3.63, 3.8) is 0 Å². The maximum atomic E-state index is 5.32. The van der Waals surface area contributed by atoms with Gasteiger partial charge in [0.05, 0.1) is 22.1 Å². The summed E-state index contributed by atoms with van der Waals surface area (Å²) in [6.07, 6.45) is 8.23. The third-order valence-corrected chi connectivity index (χ3v) is 9.77. The van der Waals surface area contributed by atoms with Crippen LogP contribution in [0.3, 0.4) is 0 Å². The molecule has 5 nitrogen and oxygen atoms in total. The summed E-state index contributed by atoms with van der Waals surface area (Å²) in [5.74, 6) is 1.67. The van der Waals surface area contributed by atoms with Gasteiger partial charge in [-0.3, -0.25) is 4.57 Å². The van der Waals surface area contributed by atoms with Gasteiger partial charge in [-0.05, 0) is 60.0 Å². The molecule has 5 heteroatoms. The first-order valence-electron chi connectivity index (χ1n) is 16.6. The quantitative estimate of drug-likeness (QED) is 0.210. The van der Waals surface area contributed by atoms with Crippen molar-refractivity contribution in [1.82, 2.24) is 14.5 Å². The van der Waals surface area contributed by atoms with Crippen molar-refractivity contribution >= 4 is 66.1 Å². The number of hydrogen-bond donors (Lipinski definition) is 1. The highest BCUT2D eigenvalue weighted by Crippen LogP contribution is 2.42. The van der Waals surface area contributed by atoms with E-state index < -0.39 is 6.29 Å². The van der Waals surface area contributed by atoms with Gasteiger partial charge in [0.1, 0.15) is 11.7 Å². The minimum absolute atomic E-state index is 0.497. The molecule has 0 fully saturated rings. The molecule has 1 atom stereocenters. The molecule has 6 aromatic carbocycles. The summed E-state index contributed by atoms with van der Waals surface area (Å²) in [4.78, 5) is 10.6. The molecule has 2 aromatic heterocycles. The van der Waals surface area contributed by atoms with Crippen molar-refractivity contribution in [1.29, 1.82) is 0 Å². The Morgan fingerprint density at radius 1 is 0.562 bits per heavy atom. The van der Waals surface area contributed by atoms with Crippen LogP contribution in [0.25, 0.3) is 60.1 Å². The molecule has 48 heavy (non-hydrogen) atoms. The van der Waals surface area contributed by atoms with E-state index in [9.17, 15) is 0 Å². The van der Waals surface area contributed by atoms with Crippen molar-refractivity contribution < 1.29 is 0 Å². The molecule has 0 saturated carbocycles. The lowest BCUT2D eigenvalue weighted by molar-refractivity contribution is 0.575. The number of aromatic nitrogens is 2. The van der Waals surface area contributed by atoms with Gasteiger partial charge >= 0.3 is 0 Å². The lowest BCUT2D eigenvalue weighted by Crippen LogP contribution is -2.37. The highest BCUT2D eigenvalue weighted by atomic mass is 15.3. The number of nitrogens with one attached hydrogen (secondary N) is 1. The Labute approximate surface area is 277 Å². The van der Waals surface area contributed by atoms with Gasteiger partial charge in [-0.1, -0.05) is 115 Å². The number of allylic oxidation sites excluding steroid dienone is 2. The fourth-order valence-electron chi connectivity index (χ4n) is 7.61. The standard InChI is InChI=1S/C43H31N5/c1-4-15-29(16-5-1)41-44-42(30-17-6-2-7-18-30)46-43(45-41)48-36-23-13-12-22-33(36)34-26-35-39(27-38(34)48)47(31-19-8-3-9-20-31)37-25-24-28-14-10-11-21-32(28)40(35)37/h1,3-6,8-27,43H,2,7H2,(H,44,45,46). The van der Waals surface area contributed by atoms with Crippen LogP contribution < -0.4 is 5.32 Å². The Morgan fingerprint density at radius 3 is 2.15 bits per heavy atom. The average Bonchev–Trinajstić information content (AvgIpc) is 3.67. The molecule has 3 heterocycles. The minimum Gasteiger partial charge on any atom is -0.324 e. The maximum Gasteiger partial charge on any atom is 0.224 e. The number of fused-ring (bicyclic) bond motifs is 8. The lowest BCUT2D eigenvalue weighted by Gasteiger charge is -2.25. The van der Waals surface area contributed by atoms with Crippen molar-refractivity contribution in [2.45, 2.75) is 19.1 Å². The normalized spacial score (nSPS) is 16.4.